The fraction of sp³-hybridized carbons (Fsp3) is 0.455. The van der Waals surface area contributed by atoms with E-state index in [-0.39, 0.29) is 11.7 Å². The van der Waals surface area contributed by atoms with Gasteiger partial charge in [-0.1, -0.05) is 0 Å². The van der Waals surface area contributed by atoms with Gasteiger partial charge in [0.25, 0.3) is 5.91 Å². The summed E-state index contributed by atoms with van der Waals surface area (Å²) in [5.41, 5.74) is 5.58. The van der Waals surface area contributed by atoms with Crippen molar-refractivity contribution in [2.75, 3.05) is 19.4 Å². The minimum Gasteiger partial charge on any atom is -0.383 e. The molecule has 0 spiro atoms. The molecule has 0 aliphatic heterocycles. The summed E-state index contributed by atoms with van der Waals surface area (Å²) in [6.07, 6.45) is 1.55. The zero-order chi connectivity index (χ0) is 12.2. The number of pyridine rings is 1. The highest BCUT2D eigenvalue weighted by atomic mass is 16.5. The molecule has 0 unspecified atom stereocenters. The number of amides is 1. The van der Waals surface area contributed by atoms with Gasteiger partial charge in [-0.3, -0.25) is 4.79 Å². The van der Waals surface area contributed by atoms with Crippen LogP contribution in [0.1, 0.15) is 24.2 Å². The lowest BCUT2D eigenvalue weighted by Crippen LogP contribution is -2.39. The van der Waals surface area contributed by atoms with Crippen molar-refractivity contribution < 1.29 is 9.53 Å². The highest BCUT2D eigenvalue weighted by molar-refractivity contribution is 5.98. The average Bonchev–Trinajstić information content (AvgIpc) is 2.27. The Balaban J connectivity index is 2.64. The summed E-state index contributed by atoms with van der Waals surface area (Å²) >= 11 is 0. The third-order valence-electron chi connectivity index (χ3n) is 2.31. The number of carbonyl (C=O) groups is 1. The first-order valence-electron chi connectivity index (χ1n) is 5.00. The summed E-state index contributed by atoms with van der Waals surface area (Å²) < 4.78 is 5.19. The van der Waals surface area contributed by atoms with E-state index < -0.39 is 5.60 Å². The van der Waals surface area contributed by atoms with Crippen LogP contribution in [0.15, 0.2) is 18.3 Å². The summed E-state index contributed by atoms with van der Waals surface area (Å²) in [4.78, 5) is 15.6. The van der Waals surface area contributed by atoms with Crippen molar-refractivity contribution in [3.63, 3.8) is 0 Å². The number of carbonyl (C=O) groups excluding carboxylic acids is 1. The summed E-state index contributed by atoms with van der Waals surface area (Å²) in [5.74, 6) is -0.00838. The van der Waals surface area contributed by atoms with E-state index in [1.807, 2.05) is 13.8 Å². The second kappa shape index (κ2) is 4.94. The molecule has 0 aliphatic rings. The fourth-order valence-corrected chi connectivity index (χ4v) is 1.07. The molecule has 1 aromatic heterocycles. The largest absolute Gasteiger partial charge is 0.383 e. The van der Waals surface area contributed by atoms with Gasteiger partial charge in [-0.15, -0.1) is 0 Å². The molecule has 1 amide bonds. The number of aromatic nitrogens is 1. The molecule has 0 bridgehead atoms. The maximum absolute atomic E-state index is 11.7. The molecule has 1 heterocycles. The van der Waals surface area contributed by atoms with Crippen LogP contribution in [0.3, 0.4) is 0 Å². The number of nitrogen functional groups attached to an aromatic ring is 1. The van der Waals surface area contributed by atoms with Crippen LogP contribution in [-0.4, -0.2) is 30.1 Å². The molecule has 88 valence electrons. The number of hydrogen-bond donors (Lipinski definition) is 2. The molecule has 5 heteroatoms. The van der Waals surface area contributed by atoms with Crippen LogP contribution in [0.2, 0.25) is 0 Å². The molecule has 3 N–H and O–H groups in total. The van der Waals surface area contributed by atoms with Crippen molar-refractivity contribution in [2.45, 2.75) is 19.4 Å². The van der Waals surface area contributed by atoms with Gasteiger partial charge in [0, 0.05) is 19.9 Å². The lowest BCUT2D eigenvalue weighted by molar-refractivity contribution is 0.0229. The van der Waals surface area contributed by atoms with Crippen LogP contribution < -0.4 is 11.1 Å². The SMILES string of the molecule is COC(C)(C)CNC(=O)c1cccnc1N. The Bertz CT molecular complexity index is 377. The third-order valence-corrected chi connectivity index (χ3v) is 2.31. The van der Waals surface area contributed by atoms with Crippen LogP contribution in [-0.2, 0) is 4.74 Å². The topological polar surface area (TPSA) is 77.2 Å². The van der Waals surface area contributed by atoms with E-state index in [2.05, 4.69) is 10.3 Å². The number of rotatable bonds is 4. The van der Waals surface area contributed by atoms with Crippen molar-refractivity contribution in [3.05, 3.63) is 23.9 Å². The Morgan fingerprint density at radius 3 is 2.88 bits per heavy atom. The van der Waals surface area contributed by atoms with Crippen LogP contribution >= 0.6 is 0 Å². The number of hydrogen-bond acceptors (Lipinski definition) is 4. The standard InChI is InChI=1S/C11H17N3O2/c1-11(2,16-3)7-14-10(15)8-5-4-6-13-9(8)12/h4-6H,7H2,1-3H3,(H2,12,13)(H,14,15). The van der Waals surface area contributed by atoms with Gasteiger partial charge in [-0.2, -0.15) is 0 Å². The summed E-state index contributed by atoms with van der Waals surface area (Å²) in [5, 5.41) is 2.75. The molecular weight excluding hydrogens is 206 g/mol. The molecule has 0 saturated carbocycles. The molecule has 0 atom stereocenters. The summed E-state index contributed by atoms with van der Waals surface area (Å²) in [6.45, 7) is 4.19. The van der Waals surface area contributed by atoms with Gasteiger partial charge in [0.15, 0.2) is 0 Å². The number of nitrogens with one attached hydrogen (secondary N) is 1. The fourth-order valence-electron chi connectivity index (χ4n) is 1.07. The van der Waals surface area contributed by atoms with Crippen molar-refractivity contribution in [1.29, 1.82) is 0 Å². The van der Waals surface area contributed by atoms with Gasteiger partial charge in [0.05, 0.1) is 11.2 Å². The number of ether oxygens (including phenoxy) is 1. The first-order valence-corrected chi connectivity index (χ1v) is 5.00. The van der Waals surface area contributed by atoms with Gasteiger partial charge in [0.1, 0.15) is 5.82 Å². The molecule has 0 radical (unpaired) electrons. The molecule has 1 rings (SSSR count). The van der Waals surface area contributed by atoms with E-state index >= 15 is 0 Å². The average molecular weight is 223 g/mol. The second-order valence-corrected chi connectivity index (χ2v) is 4.08. The highest BCUT2D eigenvalue weighted by Gasteiger charge is 2.18. The van der Waals surface area contributed by atoms with Crippen LogP contribution in [0.5, 0.6) is 0 Å². The van der Waals surface area contributed by atoms with E-state index in [0.29, 0.717) is 12.1 Å². The van der Waals surface area contributed by atoms with Crippen molar-refractivity contribution in [2.24, 2.45) is 0 Å². The van der Waals surface area contributed by atoms with Gasteiger partial charge in [0.2, 0.25) is 0 Å². The minimum absolute atomic E-state index is 0.232. The molecule has 0 aromatic carbocycles. The van der Waals surface area contributed by atoms with E-state index in [1.54, 1.807) is 25.4 Å². The lowest BCUT2D eigenvalue weighted by atomic mass is 10.1. The monoisotopic (exact) mass is 223 g/mol. The molecule has 0 saturated heterocycles. The van der Waals surface area contributed by atoms with Gasteiger partial charge >= 0.3 is 0 Å². The van der Waals surface area contributed by atoms with Crippen molar-refractivity contribution in [3.8, 4) is 0 Å². The molecular formula is C11H17N3O2. The number of nitrogens with two attached hydrogens (primary N) is 1. The van der Waals surface area contributed by atoms with Crippen LogP contribution in [0, 0.1) is 0 Å². The lowest BCUT2D eigenvalue weighted by Gasteiger charge is -2.23. The quantitative estimate of drug-likeness (QED) is 0.792. The predicted octanol–water partition coefficient (Wildman–Crippen LogP) is 0.819. The zero-order valence-electron chi connectivity index (χ0n) is 9.78. The molecule has 16 heavy (non-hydrogen) atoms. The Hall–Kier alpha value is -1.62. The predicted molar refractivity (Wildman–Crippen MR) is 62.1 cm³/mol. The van der Waals surface area contributed by atoms with E-state index in [4.69, 9.17) is 10.5 Å². The Morgan fingerprint density at radius 2 is 2.31 bits per heavy atom. The Morgan fingerprint density at radius 1 is 1.62 bits per heavy atom. The number of anilines is 1. The number of methoxy groups -OCH3 is 1. The summed E-state index contributed by atoms with van der Waals surface area (Å²) in [6, 6.07) is 3.31. The number of nitrogens with zero attached hydrogens (tertiary/aromatic N) is 1. The smallest absolute Gasteiger partial charge is 0.255 e. The Labute approximate surface area is 95.0 Å². The van der Waals surface area contributed by atoms with Gasteiger partial charge < -0.3 is 15.8 Å². The maximum Gasteiger partial charge on any atom is 0.255 e. The molecule has 0 fully saturated rings. The normalized spacial score (nSPS) is 11.2. The van der Waals surface area contributed by atoms with E-state index in [0.717, 1.165) is 0 Å². The van der Waals surface area contributed by atoms with Gasteiger partial charge in [-0.05, 0) is 26.0 Å². The minimum atomic E-state index is -0.396. The van der Waals surface area contributed by atoms with Gasteiger partial charge in [-0.25, -0.2) is 4.98 Å². The second-order valence-electron chi connectivity index (χ2n) is 4.08. The van der Waals surface area contributed by atoms with Crippen LogP contribution in [0.4, 0.5) is 5.82 Å². The first kappa shape index (κ1) is 12.4. The first-order chi connectivity index (χ1) is 7.46. The maximum atomic E-state index is 11.7. The molecule has 5 nitrogen and oxygen atoms in total. The summed E-state index contributed by atoms with van der Waals surface area (Å²) in [7, 11) is 1.60. The van der Waals surface area contributed by atoms with Crippen molar-refractivity contribution in [1.82, 2.24) is 10.3 Å². The molecule has 1 aromatic rings. The van der Waals surface area contributed by atoms with E-state index in [9.17, 15) is 4.79 Å². The molecule has 0 aliphatic carbocycles. The Kier molecular flexibility index (Phi) is 3.84. The third kappa shape index (κ3) is 3.20. The van der Waals surface area contributed by atoms with E-state index in [1.165, 1.54) is 0 Å². The van der Waals surface area contributed by atoms with Crippen LogP contribution in [0.25, 0.3) is 0 Å². The van der Waals surface area contributed by atoms with Crippen molar-refractivity contribution >= 4 is 11.7 Å². The zero-order valence-corrected chi connectivity index (χ0v) is 9.78. The highest BCUT2D eigenvalue weighted by Crippen LogP contribution is 2.08.